The largest absolute Gasteiger partial charge is 0.345 e. The zero-order chi connectivity index (χ0) is 25.8. The number of aromatic nitrogens is 4. The molecule has 37 heavy (non-hydrogen) atoms. The quantitative estimate of drug-likeness (QED) is 0.210. The molecule has 0 saturated carbocycles. The molecule has 12 heteroatoms. The third-order valence-electron chi connectivity index (χ3n) is 5.17. The Morgan fingerprint density at radius 3 is 2.62 bits per heavy atom. The van der Waals surface area contributed by atoms with Gasteiger partial charge in [-0.05, 0) is 42.5 Å². The van der Waals surface area contributed by atoms with E-state index in [-0.39, 0.29) is 24.1 Å². The zero-order valence-corrected chi connectivity index (χ0v) is 23.0. The van der Waals surface area contributed by atoms with E-state index < -0.39 is 0 Å². The minimum Gasteiger partial charge on any atom is -0.345 e. The molecule has 0 atom stereocenters. The Hall–Kier alpha value is -3.25. The van der Waals surface area contributed by atoms with E-state index in [9.17, 15) is 9.59 Å². The van der Waals surface area contributed by atoms with Gasteiger partial charge in [0.2, 0.25) is 5.91 Å². The van der Waals surface area contributed by atoms with Gasteiger partial charge in [0, 0.05) is 10.2 Å². The van der Waals surface area contributed by atoms with Crippen LogP contribution in [0.25, 0.3) is 15.9 Å². The number of para-hydroxylation sites is 2. The Labute approximate surface area is 233 Å². The first kappa shape index (κ1) is 25.4. The molecule has 0 spiro atoms. The number of thiazole rings is 1. The second-order valence-electron chi connectivity index (χ2n) is 7.70. The van der Waals surface area contributed by atoms with Crippen LogP contribution in [-0.4, -0.2) is 37.3 Å². The van der Waals surface area contributed by atoms with Crippen LogP contribution < -0.4 is 10.6 Å². The highest BCUT2D eigenvalue weighted by Gasteiger charge is 2.18. The number of fused-ring (bicyclic) bond motifs is 1. The summed E-state index contributed by atoms with van der Waals surface area (Å²) in [6.07, 6.45) is 0. The molecule has 8 nitrogen and oxygen atoms in total. The molecule has 0 fully saturated rings. The number of halogens is 2. The molecule has 0 aliphatic rings. The minimum atomic E-state index is -0.335. The van der Waals surface area contributed by atoms with E-state index in [4.69, 9.17) is 11.6 Å². The summed E-state index contributed by atoms with van der Waals surface area (Å²) in [6.45, 7) is 0.113. The molecule has 2 heterocycles. The van der Waals surface area contributed by atoms with Gasteiger partial charge in [-0.3, -0.25) is 14.2 Å². The van der Waals surface area contributed by atoms with Crippen LogP contribution in [0.15, 0.2) is 82.4 Å². The molecule has 0 bridgehead atoms. The van der Waals surface area contributed by atoms with E-state index in [0.717, 1.165) is 20.4 Å². The van der Waals surface area contributed by atoms with Gasteiger partial charge in [-0.15, -0.1) is 10.2 Å². The van der Waals surface area contributed by atoms with Crippen molar-refractivity contribution >= 4 is 77.8 Å². The van der Waals surface area contributed by atoms with E-state index in [1.807, 2.05) is 59.2 Å². The third-order valence-corrected chi connectivity index (χ3v) is 7.87. The summed E-state index contributed by atoms with van der Waals surface area (Å²) in [5.74, 6) is 0.0878. The fourth-order valence-electron chi connectivity index (χ4n) is 3.48. The van der Waals surface area contributed by atoms with Crippen molar-refractivity contribution in [1.82, 2.24) is 25.1 Å². The molecule has 2 N–H and O–H groups in total. The molecule has 2 aromatic heterocycles. The molecule has 5 rings (SSSR count). The van der Waals surface area contributed by atoms with Crippen molar-refractivity contribution in [2.75, 3.05) is 11.1 Å². The normalized spacial score (nSPS) is 11.0. The maximum atomic E-state index is 12.8. The Bertz CT molecular complexity index is 1560. The third kappa shape index (κ3) is 6.02. The van der Waals surface area contributed by atoms with Crippen LogP contribution in [0, 0.1) is 0 Å². The number of nitrogens with zero attached hydrogens (tertiary/aromatic N) is 4. The smallest absolute Gasteiger partial charge is 0.253 e. The lowest BCUT2D eigenvalue weighted by atomic mass is 10.2. The van der Waals surface area contributed by atoms with Crippen LogP contribution in [0.3, 0.4) is 0 Å². The van der Waals surface area contributed by atoms with Gasteiger partial charge in [0.05, 0.1) is 33.1 Å². The number of anilines is 1. The molecule has 186 valence electrons. The molecular formula is C25H18BrClN6O2S2. The average Bonchev–Trinajstić information content (AvgIpc) is 3.51. The van der Waals surface area contributed by atoms with E-state index in [0.29, 0.717) is 26.7 Å². The first-order valence-corrected chi connectivity index (χ1v) is 14.0. The molecule has 0 saturated heterocycles. The van der Waals surface area contributed by atoms with Crippen LogP contribution in [0.5, 0.6) is 0 Å². The van der Waals surface area contributed by atoms with Gasteiger partial charge in [-0.25, -0.2) is 4.98 Å². The lowest BCUT2D eigenvalue weighted by Crippen LogP contribution is -2.25. The van der Waals surface area contributed by atoms with Gasteiger partial charge in [-0.2, -0.15) is 0 Å². The predicted molar refractivity (Wildman–Crippen MR) is 151 cm³/mol. The van der Waals surface area contributed by atoms with Gasteiger partial charge in [0.25, 0.3) is 5.91 Å². The number of thioether (sulfide) groups is 1. The van der Waals surface area contributed by atoms with Gasteiger partial charge < -0.3 is 10.6 Å². The van der Waals surface area contributed by atoms with E-state index in [1.54, 1.807) is 18.2 Å². The summed E-state index contributed by atoms with van der Waals surface area (Å²) in [5.41, 5.74) is 2.00. The molecule has 0 radical (unpaired) electrons. The molecule has 3 aromatic carbocycles. The molecule has 0 aliphatic heterocycles. The SMILES string of the molecule is O=C(CSc1nnc(CNC(=O)c2cc(Br)ccc2Cl)n1-c1ccccc1)Nc1nc2ccccc2s1. The van der Waals surface area contributed by atoms with Gasteiger partial charge in [0.15, 0.2) is 16.1 Å². The van der Waals surface area contributed by atoms with Crippen molar-refractivity contribution in [2.24, 2.45) is 0 Å². The number of amides is 2. The Morgan fingerprint density at radius 2 is 1.81 bits per heavy atom. The maximum absolute atomic E-state index is 12.8. The molecule has 5 aromatic rings. The van der Waals surface area contributed by atoms with Crippen molar-refractivity contribution in [3.05, 3.63) is 93.7 Å². The topological polar surface area (TPSA) is 102 Å². The van der Waals surface area contributed by atoms with Crippen LogP contribution in [0.1, 0.15) is 16.2 Å². The summed E-state index contributed by atoms with van der Waals surface area (Å²) in [6, 6.07) is 22.3. The number of hydrogen-bond donors (Lipinski definition) is 2. The van der Waals surface area contributed by atoms with Crippen LogP contribution in [-0.2, 0) is 11.3 Å². The maximum Gasteiger partial charge on any atom is 0.253 e. The fourth-order valence-corrected chi connectivity index (χ4v) is 5.70. The number of carbonyl (C=O) groups excluding carboxylic acids is 2. The van der Waals surface area contributed by atoms with Gasteiger partial charge in [0.1, 0.15) is 0 Å². The lowest BCUT2D eigenvalue weighted by molar-refractivity contribution is -0.113. The van der Waals surface area contributed by atoms with E-state index in [1.165, 1.54) is 23.1 Å². The highest BCUT2D eigenvalue weighted by molar-refractivity contribution is 9.10. The highest BCUT2D eigenvalue weighted by atomic mass is 79.9. The molecular weight excluding hydrogens is 596 g/mol. The lowest BCUT2D eigenvalue weighted by Gasteiger charge is -2.11. The average molecular weight is 614 g/mol. The first-order chi connectivity index (χ1) is 18.0. The summed E-state index contributed by atoms with van der Waals surface area (Å²) in [7, 11) is 0. The van der Waals surface area contributed by atoms with Gasteiger partial charge in [-0.1, -0.05) is 81.0 Å². The molecule has 2 amide bonds. The van der Waals surface area contributed by atoms with Crippen LogP contribution in [0.2, 0.25) is 5.02 Å². The zero-order valence-electron chi connectivity index (χ0n) is 19.0. The van der Waals surface area contributed by atoms with Crippen molar-refractivity contribution in [3.8, 4) is 5.69 Å². The van der Waals surface area contributed by atoms with E-state index >= 15 is 0 Å². The number of benzene rings is 3. The van der Waals surface area contributed by atoms with Crippen molar-refractivity contribution < 1.29 is 9.59 Å². The van der Waals surface area contributed by atoms with Crippen molar-refractivity contribution in [2.45, 2.75) is 11.7 Å². The van der Waals surface area contributed by atoms with Crippen LogP contribution >= 0.6 is 50.6 Å². The van der Waals surface area contributed by atoms with Gasteiger partial charge >= 0.3 is 0 Å². The summed E-state index contributed by atoms with van der Waals surface area (Å²) >= 11 is 12.2. The Balaban J connectivity index is 1.30. The molecule has 0 aliphatic carbocycles. The standard InChI is InChI=1S/C25H18BrClN6O2S2/c26-15-10-11-18(27)17(12-15)23(35)28-13-21-31-32-25(33(21)16-6-2-1-3-7-16)36-14-22(34)30-24-29-19-8-4-5-9-20(19)37-24/h1-12H,13-14H2,(H,28,35)(H,29,30,34). The predicted octanol–water partition coefficient (Wildman–Crippen LogP) is 5.95. The number of hydrogen-bond acceptors (Lipinski definition) is 7. The number of rotatable bonds is 8. The highest BCUT2D eigenvalue weighted by Crippen LogP contribution is 2.27. The number of carbonyl (C=O) groups is 2. The van der Waals surface area contributed by atoms with Crippen LogP contribution in [0.4, 0.5) is 5.13 Å². The summed E-state index contributed by atoms with van der Waals surface area (Å²) in [4.78, 5) is 29.9. The number of nitrogens with one attached hydrogen (secondary N) is 2. The Kier molecular flexibility index (Phi) is 7.85. The fraction of sp³-hybridized carbons (Fsp3) is 0.0800. The van der Waals surface area contributed by atoms with E-state index in [2.05, 4.69) is 41.7 Å². The minimum absolute atomic E-state index is 0.112. The first-order valence-electron chi connectivity index (χ1n) is 11.0. The van der Waals surface area contributed by atoms with Crippen molar-refractivity contribution in [1.29, 1.82) is 0 Å². The second-order valence-corrected chi connectivity index (χ2v) is 11.0. The second kappa shape index (κ2) is 11.4. The Morgan fingerprint density at radius 1 is 1.03 bits per heavy atom. The molecule has 0 unspecified atom stereocenters. The monoisotopic (exact) mass is 612 g/mol. The summed E-state index contributed by atoms with van der Waals surface area (Å²) < 4.78 is 3.57. The van der Waals surface area contributed by atoms with Crippen molar-refractivity contribution in [3.63, 3.8) is 0 Å². The summed E-state index contributed by atoms with van der Waals surface area (Å²) in [5, 5.41) is 15.7.